The van der Waals surface area contributed by atoms with Crippen molar-refractivity contribution in [1.29, 1.82) is 0 Å². The summed E-state index contributed by atoms with van der Waals surface area (Å²) in [6.45, 7) is 5.08. The number of ether oxygens (including phenoxy) is 2. The quantitative estimate of drug-likeness (QED) is 0.594. The van der Waals surface area contributed by atoms with Gasteiger partial charge in [-0.1, -0.05) is 26.0 Å². The molecule has 1 aliphatic rings. The maximum absolute atomic E-state index is 11.4. The molecule has 4 N–H and O–H groups in total. The highest BCUT2D eigenvalue weighted by Crippen LogP contribution is 2.26. The Morgan fingerprint density at radius 1 is 1.28 bits per heavy atom. The molecule has 1 aromatic rings. The molecule has 1 heterocycles. The van der Waals surface area contributed by atoms with Gasteiger partial charge in [0, 0.05) is 6.92 Å². The third kappa shape index (κ3) is 4.70. The zero-order chi connectivity index (χ0) is 18.6. The van der Waals surface area contributed by atoms with E-state index in [4.69, 9.17) is 9.47 Å². The topological polar surface area (TPSA) is 108 Å². The molecule has 0 aliphatic carbocycles. The molecule has 1 fully saturated rings. The van der Waals surface area contributed by atoms with E-state index >= 15 is 0 Å². The van der Waals surface area contributed by atoms with Gasteiger partial charge in [-0.2, -0.15) is 0 Å². The number of aliphatic hydroxyl groups excluding tert-OH is 3. The standard InChI is InChI=1S/C18H27NO6/c1-4-10(2)12-5-7-13(8-6-12)24-18-15(19-11(3)21)17(23)16(22)14(9-20)25-18/h5-8,10,14-18,20,22-23H,4,9H2,1-3H3,(H,19,21)/t10-,14+,15-,16+,17+,18-/m0/s1. The lowest BCUT2D eigenvalue weighted by molar-refractivity contribution is -0.244. The van der Waals surface area contributed by atoms with Gasteiger partial charge in [0.15, 0.2) is 0 Å². The number of carbonyl (C=O) groups excluding carboxylic acids is 1. The molecule has 25 heavy (non-hydrogen) atoms. The lowest BCUT2D eigenvalue weighted by Gasteiger charge is -2.42. The molecule has 2 rings (SSSR count). The summed E-state index contributed by atoms with van der Waals surface area (Å²) in [6, 6.07) is 6.54. The first-order chi connectivity index (χ1) is 11.9. The van der Waals surface area contributed by atoms with Crippen LogP contribution < -0.4 is 10.1 Å². The average molecular weight is 353 g/mol. The second-order valence-electron chi connectivity index (χ2n) is 6.43. The first-order valence-corrected chi connectivity index (χ1v) is 8.53. The molecule has 140 valence electrons. The first-order valence-electron chi connectivity index (χ1n) is 8.53. The van der Waals surface area contributed by atoms with Gasteiger partial charge in [0.1, 0.15) is 30.1 Å². The Labute approximate surface area is 147 Å². The Kier molecular flexibility index (Phi) is 6.78. The Morgan fingerprint density at radius 3 is 2.44 bits per heavy atom. The van der Waals surface area contributed by atoms with E-state index in [1.165, 1.54) is 12.5 Å². The molecule has 0 aromatic heterocycles. The van der Waals surface area contributed by atoms with Crippen LogP contribution in [0.1, 0.15) is 38.7 Å². The maximum Gasteiger partial charge on any atom is 0.223 e. The van der Waals surface area contributed by atoms with Crippen LogP contribution in [0.25, 0.3) is 0 Å². The molecule has 1 aromatic carbocycles. The van der Waals surface area contributed by atoms with Crippen LogP contribution in [0.5, 0.6) is 5.75 Å². The van der Waals surface area contributed by atoms with Crippen molar-refractivity contribution < 1.29 is 29.6 Å². The maximum atomic E-state index is 11.4. The smallest absolute Gasteiger partial charge is 0.223 e. The number of nitrogens with one attached hydrogen (secondary N) is 1. The lowest BCUT2D eigenvalue weighted by atomic mass is 9.97. The minimum Gasteiger partial charge on any atom is -0.463 e. The van der Waals surface area contributed by atoms with Gasteiger partial charge in [-0.15, -0.1) is 0 Å². The van der Waals surface area contributed by atoms with E-state index < -0.39 is 37.3 Å². The van der Waals surface area contributed by atoms with Crippen LogP contribution in [0.4, 0.5) is 0 Å². The number of carbonyl (C=O) groups is 1. The Bertz CT molecular complexity index is 563. The largest absolute Gasteiger partial charge is 0.463 e. The number of hydrogen-bond acceptors (Lipinski definition) is 6. The zero-order valence-corrected chi connectivity index (χ0v) is 14.8. The summed E-state index contributed by atoms with van der Waals surface area (Å²) in [7, 11) is 0. The Balaban J connectivity index is 2.16. The SMILES string of the molecule is CC[C@H](C)c1ccc(O[C@H]2O[C@H](CO)[C@@H](O)[C@H](O)[C@@H]2NC(C)=O)cc1. The normalized spacial score (nSPS) is 30.6. The van der Waals surface area contributed by atoms with E-state index in [1.54, 1.807) is 12.1 Å². The van der Waals surface area contributed by atoms with E-state index in [0.717, 1.165) is 6.42 Å². The molecule has 6 atom stereocenters. The molecular formula is C18H27NO6. The third-order valence-corrected chi connectivity index (χ3v) is 4.56. The molecule has 0 spiro atoms. The van der Waals surface area contributed by atoms with Crippen molar-refractivity contribution in [3.8, 4) is 5.75 Å². The fourth-order valence-corrected chi connectivity index (χ4v) is 2.82. The minimum atomic E-state index is -1.32. The van der Waals surface area contributed by atoms with Crippen LogP contribution in [0.3, 0.4) is 0 Å². The minimum absolute atomic E-state index is 0.386. The van der Waals surface area contributed by atoms with Gasteiger partial charge in [-0.05, 0) is 30.0 Å². The Hall–Kier alpha value is -1.67. The van der Waals surface area contributed by atoms with Crippen molar-refractivity contribution in [2.45, 2.75) is 63.8 Å². The van der Waals surface area contributed by atoms with Crippen molar-refractivity contribution in [3.05, 3.63) is 29.8 Å². The van der Waals surface area contributed by atoms with Crippen molar-refractivity contribution in [2.75, 3.05) is 6.61 Å². The van der Waals surface area contributed by atoms with Crippen LogP contribution in [0.2, 0.25) is 0 Å². The molecule has 0 bridgehead atoms. The second kappa shape index (κ2) is 8.62. The number of rotatable bonds is 6. The van der Waals surface area contributed by atoms with Crippen LogP contribution in [0, 0.1) is 0 Å². The van der Waals surface area contributed by atoms with E-state index in [2.05, 4.69) is 19.2 Å². The predicted octanol–water partition coefficient (Wildman–Crippen LogP) is 0.523. The summed E-state index contributed by atoms with van der Waals surface area (Å²) >= 11 is 0. The number of amides is 1. The monoisotopic (exact) mass is 353 g/mol. The van der Waals surface area contributed by atoms with Crippen molar-refractivity contribution in [1.82, 2.24) is 5.32 Å². The summed E-state index contributed by atoms with van der Waals surface area (Å²) in [6.07, 6.45) is -3.65. The fraction of sp³-hybridized carbons (Fsp3) is 0.611. The average Bonchev–Trinajstić information content (AvgIpc) is 2.60. The van der Waals surface area contributed by atoms with E-state index in [9.17, 15) is 20.1 Å². The lowest BCUT2D eigenvalue weighted by Crippen LogP contribution is -2.65. The molecule has 0 radical (unpaired) electrons. The first kappa shape index (κ1) is 19.7. The van der Waals surface area contributed by atoms with E-state index in [1.807, 2.05) is 12.1 Å². The molecule has 7 nitrogen and oxygen atoms in total. The predicted molar refractivity (Wildman–Crippen MR) is 91.1 cm³/mol. The number of hydrogen-bond donors (Lipinski definition) is 4. The summed E-state index contributed by atoms with van der Waals surface area (Å²) in [4.78, 5) is 11.4. The van der Waals surface area contributed by atoms with Gasteiger partial charge in [-0.25, -0.2) is 0 Å². The van der Waals surface area contributed by atoms with Gasteiger partial charge >= 0.3 is 0 Å². The van der Waals surface area contributed by atoms with Gasteiger partial charge < -0.3 is 30.1 Å². The van der Waals surface area contributed by atoms with Crippen LogP contribution in [-0.4, -0.2) is 58.5 Å². The molecular weight excluding hydrogens is 326 g/mol. The highest BCUT2D eigenvalue weighted by molar-refractivity contribution is 5.73. The second-order valence-corrected chi connectivity index (χ2v) is 6.43. The molecule has 7 heteroatoms. The summed E-state index contributed by atoms with van der Waals surface area (Å²) in [5.74, 6) is 0.554. The molecule has 0 unspecified atom stereocenters. The molecule has 1 amide bonds. The van der Waals surface area contributed by atoms with Gasteiger partial charge in [0.25, 0.3) is 0 Å². The third-order valence-electron chi connectivity index (χ3n) is 4.56. The van der Waals surface area contributed by atoms with Crippen LogP contribution in [-0.2, 0) is 9.53 Å². The van der Waals surface area contributed by atoms with Crippen molar-refractivity contribution in [2.24, 2.45) is 0 Å². The van der Waals surface area contributed by atoms with Crippen LogP contribution in [0.15, 0.2) is 24.3 Å². The van der Waals surface area contributed by atoms with Gasteiger partial charge in [-0.3, -0.25) is 4.79 Å². The summed E-state index contributed by atoms with van der Waals surface area (Å²) in [5, 5.41) is 32.1. The Morgan fingerprint density at radius 2 is 1.92 bits per heavy atom. The fourth-order valence-electron chi connectivity index (χ4n) is 2.82. The van der Waals surface area contributed by atoms with E-state index in [-0.39, 0.29) is 5.91 Å². The number of benzene rings is 1. The summed E-state index contributed by atoms with van der Waals surface area (Å²) in [5.41, 5.74) is 1.18. The highest BCUT2D eigenvalue weighted by Gasteiger charge is 2.46. The summed E-state index contributed by atoms with van der Waals surface area (Å²) < 4.78 is 11.3. The van der Waals surface area contributed by atoms with Crippen molar-refractivity contribution >= 4 is 5.91 Å². The van der Waals surface area contributed by atoms with Gasteiger partial charge in [0.05, 0.1) is 6.61 Å². The molecule has 0 saturated carbocycles. The number of aliphatic hydroxyl groups is 3. The van der Waals surface area contributed by atoms with Crippen molar-refractivity contribution in [3.63, 3.8) is 0 Å². The van der Waals surface area contributed by atoms with Crippen LogP contribution >= 0.6 is 0 Å². The van der Waals surface area contributed by atoms with Gasteiger partial charge in [0.2, 0.25) is 12.2 Å². The van der Waals surface area contributed by atoms with E-state index in [0.29, 0.717) is 11.7 Å². The molecule has 1 saturated heterocycles. The highest BCUT2D eigenvalue weighted by atomic mass is 16.7. The zero-order valence-electron chi connectivity index (χ0n) is 14.8. The molecule has 1 aliphatic heterocycles.